The van der Waals surface area contributed by atoms with Crippen LogP contribution in [0.25, 0.3) is 11.1 Å². The molecule has 0 radical (unpaired) electrons. The summed E-state index contributed by atoms with van der Waals surface area (Å²) in [6, 6.07) is 12.0. The van der Waals surface area contributed by atoms with Crippen LogP contribution in [0.4, 0.5) is 8.78 Å². The van der Waals surface area contributed by atoms with Crippen molar-refractivity contribution in [1.82, 2.24) is 0 Å². The van der Waals surface area contributed by atoms with Gasteiger partial charge in [-0.2, -0.15) is 0 Å². The molecule has 0 aromatic heterocycles. The van der Waals surface area contributed by atoms with E-state index < -0.39 is 6.29 Å². The lowest BCUT2D eigenvalue weighted by atomic mass is 10.0. The van der Waals surface area contributed by atoms with E-state index in [9.17, 15) is 8.78 Å². The second kappa shape index (κ2) is 3.88. The summed E-state index contributed by atoms with van der Waals surface area (Å²) in [7, 11) is 0. The van der Waals surface area contributed by atoms with Crippen LogP contribution in [-0.4, -0.2) is 6.29 Å². The Hall–Kier alpha value is -1.75. The molecule has 0 saturated heterocycles. The molecule has 0 atom stereocenters. The zero-order chi connectivity index (χ0) is 12.8. The van der Waals surface area contributed by atoms with Crippen LogP contribution in [0.1, 0.15) is 0 Å². The number of hydrogen-bond donors (Lipinski definition) is 1. The maximum Gasteiger partial charge on any atom is 0.586 e. The molecule has 0 amide bonds. The highest BCUT2D eigenvalue weighted by molar-refractivity contribution is 7.80. The maximum absolute atomic E-state index is 13.1. The van der Waals surface area contributed by atoms with Gasteiger partial charge in [0.05, 0.1) is 0 Å². The molecule has 0 saturated carbocycles. The lowest BCUT2D eigenvalue weighted by Gasteiger charge is -2.08. The van der Waals surface area contributed by atoms with Gasteiger partial charge in [0.1, 0.15) is 0 Å². The molecule has 0 N–H and O–H groups in total. The first kappa shape index (κ1) is 11.3. The van der Waals surface area contributed by atoms with Crippen molar-refractivity contribution in [2.75, 3.05) is 0 Å². The monoisotopic (exact) mass is 266 g/mol. The molecule has 0 aliphatic carbocycles. The first-order valence-corrected chi connectivity index (χ1v) is 5.69. The summed E-state index contributed by atoms with van der Waals surface area (Å²) in [4.78, 5) is 0.685. The topological polar surface area (TPSA) is 18.5 Å². The number of benzene rings is 2. The van der Waals surface area contributed by atoms with E-state index in [1.54, 1.807) is 24.3 Å². The predicted octanol–water partition coefficient (Wildman–Crippen LogP) is 3.96. The van der Waals surface area contributed by atoms with Crippen molar-refractivity contribution in [2.45, 2.75) is 11.2 Å². The van der Waals surface area contributed by atoms with E-state index >= 15 is 0 Å². The van der Waals surface area contributed by atoms with Crippen LogP contribution >= 0.6 is 12.6 Å². The Bertz CT molecular complexity index is 614. The number of thiol groups is 1. The fourth-order valence-corrected chi connectivity index (χ4v) is 2.16. The predicted molar refractivity (Wildman–Crippen MR) is 65.3 cm³/mol. The summed E-state index contributed by atoms with van der Waals surface area (Å²) < 4.78 is 35.1. The number of ether oxygens (including phenoxy) is 2. The van der Waals surface area contributed by atoms with Gasteiger partial charge in [-0.15, -0.1) is 21.4 Å². The van der Waals surface area contributed by atoms with Crippen LogP contribution in [0.3, 0.4) is 0 Å². The Morgan fingerprint density at radius 3 is 2.39 bits per heavy atom. The highest BCUT2D eigenvalue weighted by Crippen LogP contribution is 2.47. The van der Waals surface area contributed by atoms with Gasteiger partial charge in [-0.1, -0.05) is 30.3 Å². The molecule has 18 heavy (non-hydrogen) atoms. The van der Waals surface area contributed by atoms with Crippen LogP contribution in [0.2, 0.25) is 0 Å². The van der Waals surface area contributed by atoms with Gasteiger partial charge < -0.3 is 9.47 Å². The van der Waals surface area contributed by atoms with E-state index in [1.807, 2.05) is 12.1 Å². The van der Waals surface area contributed by atoms with Crippen LogP contribution in [0.5, 0.6) is 11.5 Å². The summed E-state index contributed by atoms with van der Waals surface area (Å²) in [5.74, 6) is 0.0816. The van der Waals surface area contributed by atoms with Gasteiger partial charge in [0.15, 0.2) is 11.5 Å². The van der Waals surface area contributed by atoms with Crippen molar-refractivity contribution in [3.8, 4) is 22.6 Å². The minimum Gasteiger partial charge on any atom is -0.395 e. The summed E-state index contributed by atoms with van der Waals surface area (Å²) in [6.45, 7) is 0. The molecule has 3 rings (SSSR count). The molecule has 0 unspecified atom stereocenters. The zero-order valence-corrected chi connectivity index (χ0v) is 9.96. The first-order valence-electron chi connectivity index (χ1n) is 5.24. The highest BCUT2D eigenvalue weighted by atomic mass is 32.1. The third-order valence-electron chi connectivity index (χ3n) is 2.62. The SMILES string of the molecule is FC1(F)Oc2cccc(-c3ccccc3S)c2O1. The molecule has 1 aliphatic heterocycles. The normalized spacial score (nSPS) is 15.7. The summed E-state index contributed by atoms with van der Waals surface area (Å²) in [5, 5.41) is 0. The van der Waals surface area contributed by atoms with E-state index in [1.165, 1.54) is 6.07 Å². The Morgan fingerprint density at radius 1 is 0.889 bits per heavy atom. The molecule has 0 fully saturated rings. The Balaban J connectivity index is 2.17. The van der Waals surface area contributed by atoms with Gasteiger partial charge in [0, 0.05) is 10.5 Å². The van der Waals surface area contributed by atoms with Crippen molar-refractivity contribution >= 4 is 12.6 Å². The number of hydrogen-bond acceptors (Lipinski definition) is 3. The van der Waals surface area contributed by atoms with E-state index in [-0.39, 0.29) is 11.5 Å². The van der Waals surface area contributed by atoms with E-state index in [0.717, 1.165) is 5.56 Å². The number of para-hydroxylation sites is 1. The van der Waals surface area contributed by atoms with E-state index in [4.69, 9.17) is 0 Å². The summed E-state index contributed by atoms with van der Waals surface area (Å²) in [5.41, 5.74) is 1.26. The largest absolute Gasteiger partial charge is 0.586 e. The molecule has 1 aliphatic rings. The second-order valence-corrected chi connectivity index (χ2v) is 4.30. The van der Waals surface area contributed by atoms with Crippen LogP contribution in [-0.2, 0) is 0 Å². The fraction of sp³-hybridized carbons (Fsp3) is 0.0769. The molecule has 2 nitrogen and oxygen atoms in total. The Kier molecular flexibility index (Phi) is 2.45. The van der Waals surface area contributed by atoms with Gasteiger partial charge in [-0.05, 0) is 17.7 Å². The van der Waals surface area contributed by atoms with E-state index in [0.29, 0.717) is 10.5 Å². The van der Waals surface area contributed by atoms with Crippen molar-refractivity contribution in [1.29, 1.82) is 0 Å². The maximum atomic E-state index is 13.1. The first-order chi connectivity index (χ1) is 8.57. The Labute approximate surface area is 108 Å². The lowest BCUT2D eigenvalue weighted by molar-refractivity contribution is -0.286. The van der Waals surface area contributed by atoms with Gasteiger partial charge in [0.2, 0.25) is 0 Å². The molecule has 1 heterocycles. The number of fused-ring (bicyclic) bond motifs is 1. The molecule has 2 aromatic carbocycles. The minimum absolute atomic E-state index is 0.0362. The summed E-state index contributed by atoms with van der Waals surface area (Å²) >= 11 is 4.31. The quantitative estimate of drug-likeness (QED) is 0.787. The number of alkyl halides is 2. The molecule has 92 valence electrons. The molecular formula is C13H8F2O2S. The highest BCUT2D eigenvalue weighted by Gasteiger charge is 2.44. The van der Waals surface area contributed by atoms with Crippen LogP contribution < -0.4 is 9.47 Å². The molecule has 2 aromatic rings. The van der Waals surface area contributed by atoms with Gasteiger partial charge in [0.25, 0.3) is 0 Å². The smallest absolute Gasteiger partial charge is 0.395 e. The third-order valence-corrected chi connectivity index (χ3v) is 3.01. The van der Waals surface area contributed by atoms with Crippen molar-refractivity contribution in [3.63, 3.8) is 0 Å². The van der Waals surface area contributed by atoms with Crippen molar-refractivity contribution < 1.29 is 18.3 Å². The minimum atomic E-state index is -3.61. The van der Waals surface area contributed by atoms with Crippen LogP contribution in [0, 0.1) is 0 Å². The molecular weight excluding hydrogens is 258 g/mol. The number of rotatable bonds is 1. The van der Waals surface area contributed by atoms with Gasteiger partial charge in [-0.25, -0.2) is 0 Å². The third kappa shape index (κ3) is 1.80. The average Bonchev–Trinajstić information content (AvgIpc) is 2.63. The summed E-state index contributed by atoms with van der Waals surface area (Å²) in [6.07, 6.45) is -3.61. The van der Waals surface area contributed by atoms with Crippen molar-refractivity contribution in [2.24, 2.45) is 0 Å². The van der Waals surface area contributed by atoms with Crippen molar-refractivity contribution in [3.05, 3.63) is 42.5 Å². The fourth-order valence-electron chi connectivity index (χ4n) is 1.88. The van der Waals surface area contributed by atoms with Gasteiger partial charge >= 0.3 is 6.29 Å². The molecule has 5 heteroatoms. The number of halogens is 2. The van der Waals surface area contributed by atoms with Gasteiger partial charge in [-0.3, -0.25) is 0 Å². The zero-order valence-electron chi connectivity index (χ0n) is 9.06. The standard InChI is InChI=1S/C13H8F2O2S/c14-13(15)16-10-6-3-5-9(12(10)17-13)8-4-1-2-7-11(8)18/h1-7,18H. The molecule has 0 spiro atoms. The van der Waals surface area contributed by atoms with E-state index in [2.05, 4.69) is 22.1 Å². The second-order valence-electron chi connectivity index (χ2n) is 3.82. The Morgan fingerprint density at radius 2 is 1.61 bits per heavy atom. The average molecular weight is 266 g/mol. The molecule has 0 bridgehead atoms. The van der Waals surface area contributed by atoms with Crippen LogP contribution in [0.15, 0.2) is 47.4 Å². The lowest BCUT2D eigenvalue weighted by Crippen LogP contribution is -2.26.